The van der Waals surface area contributed by atoms with Crippen molar-refractivity contribution in [3.05, 3.63) is 48.0 Å². The van der Waals surface area contributed by atoms with E-state index in [-0.39, 0.29) is 32.7 Å². The van der Waals surface area contributed by atoms with Gasteiger partial charge in [0.2, 0.25) is 0 Å². The molecule has 0 saturated carbocycles. The number of allylic oxidation sites excluding steroid dienone is 2. The van der Waals surface area contributed by atoms with E-state index < -0.39 is 0 Å². The third kappa shape index (κ3) is 12.4. The summed E-state index contributed by atoms with van der Waals surface area (Å²) in [6.07, 6.45) is 5.95. The third-order valence-corrected chi connectivity index (χ3v) is 2.16. The Morgan fingerprint density at radius 2 is 1.88 bits per heavy atom. The molecule has 0 aromatic heterocycles. The molecule has 0 spiro atoms. The van der Waals surface area contributed by atoms with Crippen molar-refractivity contribution in [2.24, 2.45) is 0 Å². The van der Waals surface area contributed by atoms with E-state index in [4.69, 9.17) is 5.11 Å². The van der Waals surface area contributed by atoms with Gasteiger partial charge in [-0.1, -0.05) is 42.5 Å². The van der Waals surface area contributed by atoms with Crippen molar-refractivity contribution < 1.29 is 37.8 Å². The molecule has 0 aliphatic carbocycles. The number of unbranched alkanes of at least 4 members (excludes halogenated alkanes) is 1. The van der Waals surface area contributed by atoms with Crippen LogP contribution in [0.1, 0.15) is 25.3 Å². The maximum atomic E-state index is 8.26. The van der Waals surface area contributed by atoms with Gasteiger partial charge >= 0.3 is 0 Å². The van der Waals surface area contributed by atoms with E-state index in [1.54, 1.807) is 0 Å². The number of thiol groups is 1. The maximum Gasteiger partial charge on any atom is 0.0433 e. The molecule has 1 rings (SSSR count). The minimum atomic E-state index is 0. The van der Waals surface area contributed by atoms with Crippen LogP contribution in [0.2, 0.25) is 0 Å². The Bertz CT molecular complexity index is 249. The average molecular weight is 313 g/mol. The van der Waals surface area contributed by atoms with Crippen LogP contribution in [0.5, 0.6) is 0 Å². The van der Waals surface area contributed by atoms with Gasteiger partial charge in [-0.25, -0.2) is 0 Å². The Labute approximate surface area is 130 Å². The van der Waals surface area contributed by atoms with Crippen molar-refractivity contribution in [1.29, 1.82) is 0 Å². The summed E-state index contributed by atoms with van der Waals surface area (Å²) in [5.74, 6) is 0.834. The molecule has 0 bridgehead atoms. The van der Waals surface area contributed by atoms with Crippen molar-refractivity contribution in [2.75, 3.05) is 6.61 Å². The molecule has 3 heteroatoms. The van der Waals surface area contributed by atoms with E-state index in [1.165, 1.54) is 5.56 Å². The van der Waals surface area contributed by atoms with E-state index in [0.29, 0.717) is 6.61 Å². The maximum absolute atomic E-state index is 8.26. The summed E-state index contributed by atoms with van der Waals surface area (Å²) in [7, 11) is 0. The molecule has 16 heavy (non-hydrogen) atoms. The number of aliphatic hydroxyl groups is 1. The van der Waals surface area contributed by atoms with E-state index in [9.17, 15) is 0 Å². The normalized spacial score (nSPS) is 9.19. The summed E-state index contributed by atoms with van der Waals surface area (Å²) in [4.78, 5) is 0. The van der Waals surface area contributed by atoms with Gasteiger partial charge < -0.3 is 5.11 Å². The third-order valence-electron chi connectivity index (χ3n) is 1.79. The van der Waals surface area contributed by atoms with Gasteiger partial charge in [-0.2, -0.15) is 12.6 Å². The first kappa shape index (κ1) is 18.7. The van der Waals surface area contributed by atoms with Crippen molar-refractivity contribution in [1.82, 2.24) is 0 Å². The summed E-state index contributed by atoms with van der Waals surface area (Å²) in [5.41, 5.74) is 1.27. The van der Waals surface area contributed by atoms with Crippen molar-refractivity contribution in [3.8, 4) is 0 Å². The Balaban J connectivity index is 0. The van der Waals surface area contributed by atoms with Crippen LogP contribution in [0.25, 0.3) is 0 Å². The van der Waals surface area contributed by atoms with Gasteiger partial charge in [0.05, 0.1) is 0 Å². The van der Waals surface area contributed by atoms with E-state index in [0.717, 1.165) is 18.6 Å². The predicted molar refractivity (Wildman–Crippen MR) is 70.3 cm³/mol. The summed E-state index contributed by atoms with van der Waals surface area (Å²) >= 11 is 4.11. The zero-order chi connectivity index (χ0) is 11.4. The first-order chi connectivity index (χ1) is 7.35. The molecule has 1 N–H and O–H groups in total. The fourth-order valence-corrected chi connectivity index (χ4v) is 1.17. The Morgan fingerprint density at radius 3 is 2.25 bits per heavy atom. The van der Waals surface area contributed by atoms with Crippen LogP contribution in [0.4, 0.5) is 0 Å². The number of rotatable bonds is 4. The van der Waals surface area contributed by atoms with Crippen molar-refractivity contribution in [2.45, 2.75) is 25.5 Å². The number of aliphatic hydroxyl groups excluding tert-OH is 1. The first-order valence-corrected chi connectivity index (χ1v) is 5.85. The van der Waals surface area contributed by atoms with Gasteiger partial charge in [0.15, 0.2) is 0 Å². The second-order valence-electron chi connectivity index (χ2n) is 3.08. The summed E-state index contributed by atoms with van der Waals surface area (Å²) in [6.45, 7) is 2.29. The molecule has 1 radical (unpaired) electrons. The second kappa shape index (κ2) is 15.4. The van der Waals surface area contributed by atoms with Gasteiger partial charge in [-0.05, 0) is 25.3 Å². The molecule has 87 valence electrons. The van der Waals surface area contributed by atoms with Gasteiger partial charge in [0, 0.05) is 45.1 Å². The zero-order valence-electron chi connectivity index (χ0n) is 9.84. The van der Waals surface area contributed by atoms with Crippen LogP contribution in [-0.2, 0) is 38.5 Å². The quantitative estimate of drug-likeness (QED) is 0.496. The fraction of sp³-hybridized carbons (Fsp3) is 0.385. The number of benzene rings is 1. The first-order valence-electron chi connectivity index (χ1n) is 5.22. The van der Waals surface area contributed by atoms with Gasteiger partial charge in [-0.3, -0.25) is 0 Å². The average Bonchev–Trinajstić information content (AvgIpc) is 2.32. The molecule has 0 heterocycles. The van der Waals surface area contributed by atoms with E-state index >= 15 is 0 Å². The minimum absolute atomic E-state index is 0. The van der Waals surface area contributed by atoms with Crippen LogP contribution in [-0.4, -0.2) is 11.7 Å². The second-order valence-corrected chi connectivity index (χ2v) is 3.39. The van der Waals surface area contributed by atoms with Crippen LogP contribution < -0.4 is 0 Å². The largest absolute Gasteiger partial charge is 0.396 e. The summed E-state index contributed by atoms with van der Waals surface area (Å²) < 4.78 is 0. The van der Waals surface area contributed by atoms with E-state index in [1.807, 2.05) is 31.2 Å². The van der Waals surface area contributed by atoms with Crippen molar-refractivity contribution in [3.63, 3.8) is 0 Å². The molecule has 0 fully saturated rings. The van der Waals surface area contributed by atoms with Gasteiger partial charge in [0.25, 0.3) is 0 Å². The molecule has 1 aromatic rings. The molecule has 0 aliphatic heterocycles. The van der Waals surface area contributed by atoms with Crippen molar-refractivity contribution >= 4 is 12.6 Å². The van der Waals surface area contributed by atoms with Crippen LogP contribution in [0, 0.1) is 0 Å². The monoisotopic (exact) mass is 313 g/mol. The molecule has 0 atom stereocenters. The minimum Gasteiger partial charge on any atom is -0.396 e. The zero-order valence-corrected chi connectivity index (χ0v) is 13.6. The molecule has 1 nitrogen and oxygen atoms in total. The SMILES string of the molecule is C/C=C\CCCO.SCc1ccccc1.[Y]. The summed E-state index contributed by atoms with van der Waals surface area (Å²) in [5, 5.41) is 8.26. The number of hydrogen-bond donors (Lipinski definition) is 2. The van der Waals surface area contributed by atoms with E-state index in [2.05, 4.69) is 30.8 Å². The van der Waals surface area contributed by atoms with Crippen LogP contribution in [0.3, 0.4) is 0 Å². The Morgan fingerprint density at radius 1 is 1.25 bits per heavy atom. The molecule has 0 saturated heterocycles. The Hall–Kier alpha value is 0.374. The number of hydrogen-bond acceptors (Lipinski definition) is 2. The van der Waals surface area contributed by atoms with Crippen LogP contribution in [0.15, 0.2) is 42.5 Å². The van der Waals surface area contributed by atoms with Gasteiger partial charge in [-0.15, -0.1) is 0 Å². The smallest absolute Gasteiger partial charge is 0.0433 e. The molecule has 0 unspecified atom stereocenters. The molecule has 0 amide bonds. The molecule has 0 aliphatic rings. The topological polar surface area (TPSA) is 20.2 Å². The Kier molecular flexibility index (Phi) is 18.0. The predicted octanol–water partition coefficient (Wildman–Crippen LogP) is 3.45. The van der Waals surface area contributed by atoms with Crippen LogP contribution >= 0.6 is 12.6 Å². The van der Waals surface area contributed by atoms with Gasteiger partial charge in [0.1, 0.15) is 0 Å². The molecular weight excluding hydrogens is 293 g/mol. The summed E-state index contributed by atoms with van der Waals surface area (Å²) in [6, 6.07) is 10.2. The molecular formula is C13H20OSY. The fourth-order valence-electron chi connectivity index (χ4n) is 0.959. The standard InChI is InChI=1S/C7H8S.C6H12O.Y/c8-6-7-4-2-1-3-5-7;1-2-3-4-5-6-7;/h1-5,8H,6H2;2-3,7H,4-6H2,1H3;/b;3-2-;. The molecule has 1 aromatic carbocycles.